The summed E-state index contributed by atoms with van der Waals surface area (Å²) in [5.41, 5.74) is 2.27. The summed E-state index contributed by atoms with van der Waals surface area (Å²) in [6.07, 6.45) is 6.18. The van der Waals surface area contributed by atoms with Gasteiger partial charge in [-0.3, -0.25) is 0 Å². The summed E-state index contributed by atoms with van der Waals surface area (Å²) in [6.45, 7) is 0.748. The Bertz CT molecular complexity index is 543. The van der Waals surface area contributed by atoms with Gasteiger partial charge in [-0.15, -0.1) is 0 Å². The fourth-order valence-corrected chi connectivity index (χ4v) is 2.07. The molecule has 0 spiro atoms. The van der Waals surface area contributed by atoms with Crippen molar-refractivity contribution in [3.63, 3.8) is 0 Å². The predicted octanol–water partition coefficient (Wildman–Crippen LogP) is 2.00. The van der Waals surface area contributed by atoms with Crippen LogP contribution < -0.4 is 10.6 Å². The molecule has 98 valence electrons. The average Bonchev–Trinajstić information content (AvgIpc) is 3.07. The van der Waals surface area contributed by atoms with Crippen LogP contribution in [-0.2, 0) is 6.54 Å². The molecule has 0 bridgehead atoms. The van der Waals surface area contributed by atoms with Crippen LogP contribution >= 0.6 is 12.2 Å². The van der Waals surface area contributed by atoms with E-state index in [-0.39, 0.29) is 0 Å². The molecule has 1 aromatic carbocycles. The number of thiocarbonyl (C=S) groups is 1. The molecule has 2 aromatic rings. The molecule has 1 saturated carbocycles. The van der Waals surface area contributed by atoms with Gasteiger partial charge in [-0.1, -0.05) is 12.1 Å². The summed E-state index contributed by atoms with van der Waals surface area (Å²) in [7, 11) is 0. The van der Waals surface area contributed by atoms with Crippen molar-refractivity contribution in [2.24, 2.45) is 0 Å². The van der Waals surface area contributed by atoms with E-state index in [1.165, 1.54) is 18.4 Å². The monoisotopic (exact) mass is 272 g/mol. The zero-order chi connectivity index (χ0) is 13.1. The Hall–Kier alpha value is -1.88. The Morgan fingerprint density at radius 2 is 2.11 bits per heavy atom. The van der Waals surface area contributed by atoms with Crippen LogP contribution in [0.4, 0.5) is 0 Å². The second kappa shape index (κ2) is 5.40. The van der Waals surface area contributed by atoms with Crippen molar-refractivity contribution < 1.29 is 0 Å². The Labute approximate surface area is 117 Å². The molecule has 1 aliphatic carbocycles. The second-order valence-corrected chi connectivity index (χ2v) is 5.13. The van der Waals surface area contributed by atoms with Crippen molar-refractivity contribution in [3.8, 4) is 5.69 Å². The molecule has 0 aliphatic heterocycles. The molecule has 0 unspecified atom stereocenters. The van der Waals surface area contributed by atoms with E-state index in [0.29, 0.717) is 6.04 Å². The molecule has 1 heterocycles. The summed E-state index contributed by atoms with van der Waals surface area (Å²) in [4.78, 5) is 0. The van der Waals surface area contributed by atoms with Crippen LogP contribution in [0, 0.1) is 0 Å². The first-order valence-electron chi connectivity index (χ1n) is 6.44. The van der Waals surface area contributed by atoms with Crippen LogP contribution in [0.1, 0.15) is 18.4 Å². The molecule has 0 saturated heterocycles. The maximum absolute atomic E-state index is 5.22. The lowest BCUT2D eigenvalue weighted by atomic mass is 10.2. The highest BCUT2D eigenvalue weighted by molar-refractivity contribution is 7.80. The first-order valence-corrected chi connectivity index (χ1v) is 6.85. The molecule has 0 radical (unpaired) electrons. The van der Waals surface area contributed by atoms with Crippen molar-refractivity contribution in [2.75, 3.05) is 0 Å². The molecule has 0 amide bonds. The first-order chi connectivity index (χ1) is 9.31. The molecule has 2 N–H and O–H groups in total. The number of rotatable bonds is 4. The van der Waals surface area contributed by atoms with Crippen LogP contribution in [0.3, 0.4) is 0 Å². The highest BCUT2D eigenvalue weighted by Gasteiger charge is 2.21. The van der Waals surface area contributed by atoms with Crippen LogP contribution in [-0.4, -0.2) is 20.9 Å². The molecular formula is C14H16N4S. The average molecular weight is 272 g/mol. The van der Waals surface area contributed by atoms with Gasteiger partial charge in [-0.05, 0) is 48.8 Å². The Morgan fingerprint density at radius 3 is 2.74 bits per heavy atom. The topological polar surface area (TPSA) is 41.9 Å². The Morgan fingerprint density at radius 1 is 1.32 bits per heavy atom. The maximum Gasteiger partial charge on any atom is 0.166 e. The van der Waals surface area contributed by atoms with E-state index < -0.39 is 0 Å². The summed E-state index contributed by atoms with van der Waals surface area (Å²) in [5, 5.41) is 11.4. The summed E-state index contributed by atoms with van der Waals surface area (Å²) in [5.74, 6) is 0. The molecule has 1 aliphatic rings. The molecule has 1 aromatic heterocycles. The van der Waals surface area contributed by atoms with E-state index in [1.54, 1.807) is 6.20 Å². The van der Waals surface area contributed by atoms with Gasteiger partial charge in [0.25, 0.3) is 0 Å². The summed E-state index contributed by atoms with van der Waals surface area (Å²) in [6, 6.07) is 10.8. The molecule has 1 fully saturated rings. The molecular weight excluding hydrogens is 256 g/mol. The van der Waals surface area contributed by atoms with Crippen molar-refractivity contribution in [1.29, 1.82) is 0 Å². The van der Waals surface area contributed by atoms with E-state index in [2.05, 4.69) is 40.0 Å². The summed E-state index contributed by atoms with van der Waals surface area (Å²) < 4.78 is 1.84. The van der Waals surface area contributed by atoms with Crippen LogP contribution in [0.15, 0.2) is 42.7 Å². The SMILES string of the molecule is S=C(NCc1ccc(-n2cccn2)cc1)NC1CC1. The van der Waals surface area contributed by atoms with Gasteiger partial charge < -0.3 is 10.6 Å². The zero-order valence-electron chi connectivity index (χ0n) is 10.5. The third-order valence-corrected chi connectivity index (χ3v) is 3.33. The number of nitrogens with zero attached hydrogens (tertiary/aromatic N) is 2. The van der Waals surface area contributed by atoms with E-state index in [1.807, 2.05) is 16.9 Å². The van der Waals surface area contributed by atoms with Crippen LogP contribution in [0.5, 0.6) is 0 Å². The number of hydrogen-bond acceptors (Lipinski definition) is 2. The standard InChI is InChI=1S/C14H16N4S/c19-14(17-12-4-5-12)15-10-11-2-6-13(7-3-11)18-9-1-8-16-18/h1-3,6-9,12H,4-5,10H2,(H2,15,17,19). The molecule has 19 heavy (non-hydrogen) atoms. The fourth-order valence-electron chi connectivity index (χ4n) is 1.83. The number of hydrogen-bond donors (Lipinski definition) is 2. The van der Waals surface area contributed by atoms with Crippen molar-refractivity contribution in [1.82, 2.24) is 20.4 Å². The smallest absolute Gasteiger partial charge is 0.166 e. The first kappa shape index (κ1) is 12.2. The van der Waals surface area contributed by atoms with E-state index in [9.17, 15) is 0 Å². The zero-order valence-corrected chi connectivity index (χ0v) is 11.4. The third kappa shape index (κ3) is 3.32. The lowest BCUT2D eigenvalue weighted by Gasteiger charge is -2.10. The molecule has 3 rings (SSSR count). The fraction of sp³-hybridized carbons (Fsp3) is 0.286. The summed E-state index contributed by atoms with van der Waals surface area (Å²) >= 11 is 5.22. The Balaban J connectivity index is 1.55. The third-order valence-electron chi connectivity index (χ3n) is 3.07. The number of aromatic nitrogens is 2. The normalized spacial score (nSPS) is 14.1. The van der Waals surface area contributed by atoms with Gasteiger partial charge in [-0.25, -0.2) is 4.68 Å². The van der Waals surface area contributed by atoms with Gasteiger partial charge in [0.1, 0.15) is 0 Å². The van der Waals surface area contributed by atoms with Crippen LogP contribution in [0.2, 0.25) is 0 Å². The van der Waals surface area contributed by atoms with Crippen LogP contribution in [0.25, 0.3) is 5.69 Å². The minimum absolute atomic E-state index is 0.599. The minimum atomic E-state index is 0.599. The van der Waals surface area contributed by atoms with E-state index >= 15 is 0 Å². The van der Waals surface area contributed by atoms with Gasteiger partial charge in [0, 0.05) is 25.0 Å². The lowest BCUT2D eigenvalue weighted by Crippen LogP contribution is -2.36. The van der Waals surface area contributed by atoms with Gasteiger partial charge in [0.2, 0.25) is 0 Å². The van der Waals surface area contributed by atoms with Crippen molar-refractivity contribution >= 4 is 17.3 Å². The van der Waals surface area contributed by atoms with Gasteiger partial charge in [0.05, 0.1) is 5.69 Å². The molecule has 5 heteroatoms. The highest BCUT2D eigenvalue weighted by atomic mass is 32.1. The quantitative estimate of drug-likeness (QED) is 0.835. The predicted molar refractivity (Wildman–Crippen MR) is 79.2 cm³/mol. The lowest BCUT2D eigenvalue weighted by molar-refractivity contribution is 0.827. The minimum Gasteiger partial charge on any atom is -0.360 e. The van der Waals surface area contributed by atoms with Gasteiger partial charge in [-0.2, -0.15) is 5.10 Å². The van der Waals surface area contributed by atoms with E-state index in [4.69, 9.17) is 12.2 Å². The maximum atomic E-state index is 5.22. The van der Waals surface area contributed by atoms with Crippen molar-refractivity contribution in [2.45, 2.75) is 25.4 Å². The van der Waals surface area contributed by atoms with Gasteiger partial charge in [0.15, 0.2) is 5.11 Å². The van der Waals surface area contributed by atoms with Crippen molar-refractivity contribution in [3.05, 3.63) is 48.3 Å². The van der Waals surface area contributed by atoms with Gasteiger partial charge >= 0.3 is 0 Å². The Kier molecular flexibility index (Phi) is 3.46. The molecule has 4 nitrogen and oxygen atoms in total. The van der Waals surface area contributed by atoms with E-state index in [0.717, 1.165) is 17.3 Å². The highest BCUT2D eigenvalue weighted by Crippen LogP contribution is 2.18. The molecule has 0 atom stereocenters. The number of nitrogens with one attached hydrogen (secondary N) is 2. The largest absolute Gasteiger partial charge is 0.360 e. The number of benzene rings is 1. The second-order valence-electron chi connectivity index (χ2n) is 4.72.